The molecule has 1 aliphatic rings. The smallest absolute Gasteiger partial charge is 0.191 e. The normalized spacial score (nSPS) is 16.6. The standard InChI is InChI=1S/C25H37N5O/c1-5-29(6-2)18-21-13-11-20(12-14-21)17-27-25(26-3)28-22-15-16-30(19-22)23-9-7-8-10-24(23)31-4/h7-14,22H,5-6,15-19H2,1-4H3,(H2,26,27,28). The van der Waals surface area contributed by atoms with Crippen molar-refractivity contribution in [3.63, 3.8) is 0 Å². The van der Waals surface area contributed by atoms with Crippen molar-refractivity contribution in [3.05, 3.63) is 59.7 Å². The van der Waals surface area contributed by atoms with Crippen LogP contribution in [0.1, 0.15) is 31.4 Å². The van der Waals surface area contributed by atoms with Crippen LogP contribution < -0.4 is 20.3 Å². The van der Waals surface area contributed by atoms with Gasteiger partial charge in [0.2, 0.25) is 0 Å². The first-order valence-corrected chi connectivity index (χ1v) is 11.3. The predicted octanol–water partition coefficient (Wildman–Crippen LogP) is 3.48. The molecule has 6 heteroatoms. The molecular formula is C25H37N5O. The first-order chi connectivity index (χ1) is 15.2. The second-order valence-electron chi connectivity index (χ2n) is 7.95. The number of methoxy groups -OCH3 is 1. The maximum atomic E-state index is 5.52. The van der Waals surface area contributed by atoms with Gasteiger partial charge in [-0.15, -0.1) is 0 Å². The van der Waals surface area contributed by atoms with Crippen LogP contribution in [0.2, 0.25) is 0 Å². The van der Waals surface area contributed by atoms with E-state index in [1.807, 2.05) is 19.2 Å². The summed E-state index contributed by atoms with van der Waals surface area (Å²) in [5.74, 6) is 1.77. The summed E-state index contributed by atoms with van der Waals surface area (Å²) in [5, 5.41) is 7.03. The molecule has 168 valence electrons. The Bertz CT molecular complexity index is 832. The number of aliphatic imine (C=N–C) groups is 1. The molecule has 1 saturated heterocycles. The second kappa shape index (κ2) is 11.6. The van der Waals surface area contributed by atoms with Crippen LogP contribution in [-0.4, -0.2) is 57.2 Å². The fraction of sp³-hybridized carbons (Fsp3) is 0.480. The lowest BCUT2D eigenvalue weighted by molar-refractivity contribution is 0.296. The Morgan fingerprint density at radius 2 is 1.81 bits per heavy atom. The van der Waals surface area contributed by atoms with E-state index in [4.69, 9.17) is 4.74 Å². The molecule has 0 aromatic heterocycles. The van der Waals surface area contributed by atoms with Gasteiger partial charge < -0.3 is 20.3 Å². The van der Waals surface area contributed by atoms with Gasteiger partial charge in [0, 0.05) is 39.3 Å². The van der Waals surface area contributed by atoms with Gasteiger partial charge in [0.05, 0.1) is 12.8 Å². The van der Waals surface area contributed by atoms with Gasteiger partial charge in [-0.1, -0.05) is 50.2 Å². The minimum absolute atomic E-state index is 0.354. The first kappa shape index (κ1) is 22.9. The summed E-state index contributed by atoms with van der Waals surface area (Å²) < 4.78 is 5.52. The zero-order valence-electron chi connectivity index (χ0n) is 19.4. The number of rotatable bonds is 9. The molecule has 0 radical (unpaired) electrons. The van der Waals surface area contributed by atoms with Crippen LogP contribution in [-0.2, 0) is 13.1 Å². The molecule has 1 aliphatic heterocycles. The van der Waals surface area contributed by atoms with Crippen molar-refractivity contribution < 1.29 is 4.74 Å². The Kier molecular flexibility index (Phi) is 8.59. The Labute approximate surface area is 187 Å². The Morgan fingerprint density at radius 1 is 1.10 bits per heavy atom. The SMILES string of the molecule is CCN(CC)Cc1ccc(CNC(=NC)NC2CCN(c3ccccc3OC)C2)cc1. The molecule has 1 unspecified atom stereocenters. The van der Waals surface area contributed by atoms with Crippen LogP contribution in [0, 0.1) is 0 Å². The molecule has 0 saturated carbocycles. The molecule has 0 spiro atoms. The fourth-order valence-electron chi connectivity index (χ4n) is 4.03. The summed E-state index contributed by atoms with van der Waals surface area (Å²) >= 11 is 0. The van der Waals surface area contributed by atoms with Crippen molar-refractivity contribution in [2.24, 2.45) is 4.99 Å². The fourth-order valence-corrected chi connectivity index (χ4v) is 4.03. The monoisotopic (exact) mass is 423 g/mol. The quantitative estimate of drug-likeness (QED) is 0.478. The minimum Gasteiger partial charge on any atom is -0.495 e. The van der Waals surface area contributed by atoms with Crippen LogP contribution in [0.5, 0.6) is 5.75 Å². The third-order valence-corrected chi connectivity index (χ3v) is 5.96. The lowest BCUT2D eigenvalue weighted by Crippen LogP contribution is -2.44. The van der Waals surface area contributed by atoms with E-state index in [9.17, 15) is 0 Å². The molecule has 2 aromatic carbocycles. The van der Waals surface area contributed by atoms with Crippen molar-refractivity contribution in [2.75, 3.05) is 45.2 Å². The van der Waals surface area contributed by atoms with Crippen LogP contribution in [0.3, 0.4) is 0 Å². The van der Waals surface area contributed by atoms with E-state index in [1.54, 1.807) is 7.11 Å². The Morgan fingerprint density at radius 3 is 2.48 bits per heavy atom. The predicted molar refractivity (Wildman–Crippen MR) is 130 cm³/mol. The third kappa shape index (κ3) is 6.37. The molecule has 3 rings (SSSR count). The van der Waals surface area contributed by atoms with E-state index in [-0.39, 0.29) is 0 Å². The van der Waals surface area contributed by atoms with Gasteiger partial charge in [0.1, 0.15) is 5.75 Å². The van der Waals surface area contributed by atoms with Gasteiger partial charge >= 0.3 is 0 Å². The maximum absolute atomic E-state index is 5.52. The summed E-state index contributed by atoms with van der Waals surface area (Å²) in [5.41, 5.74) is 3.77. The highest BCUT2D eigenvalue weighted by Crippen LogP contribution is 2.30. The largest absolute Gasteiger partial charge is 0.495 e. The Balaban J connectivity index is 1.49. The van der Waals surface area contributed by atoms with Crippen LogP contribution in [0.4, 0.5) is 5.69 Å². The number of nitrogens with one attached hydrogen (secondary N) is 2. The third-order valence-electron chi connectivity index (χ3n) is 5.96. The lowest BCUT2D eigenvalue weighted by atomic mass is 10.1. The van der Waals surface area contributed by atoms with Gasteiger partial charge in [0.25, 0.3) is 0 Å². The number of anilines is 1. The molecule has 1 heterocycles. The van der Waals surface area contributed by atoms with Crippen LogP contribution in [0.25, 0.3) is 0 Å². The molecule has 2 N–H and O–H groups in total. The number of para-hydroxylation sites is 2. The van der Waals surface area contributed by atoms with Crippen molar-refractivity contribution >= 4 is 11.6 Å². The molecule has 0 bridgehead atoms. The summed E-state index contributed by atoms with van der Waals surface area (Å²) in [7, 11) is 3.56. The van der Waals surface area contributed by atoms with E-state index in [1.165, 1.54) is 11.1 Å². The van der Waals surface area contributed by atoms with Gasteiger partial charge in [-0.2, -0.15) is 0 Å². The number of ether oxygens (including phenoxy) is 1. The summed E-state index contributed by atoms with van der Waals surface area (Å²) in [4.78, 5) is 9.22. The van der Waals surface area contributed by atoms with Crippen LogP contribution >= 0.6 is 0 Å². The number of hydrogen-bond donors (Lipinski definition) is 2. The van der Waals surface area contributed by atoms with Crippen LogP contribution in [0.15, 0.2) is 53.5 Å². The molecule has 31 heavy (non-hydrogen) atoms. The molecule has 6 nitrogen and oxygen atoms in total. The zero-order valence-corrected chi connectivity index (χ0v) is 19.4. The molecular weight excluding hydrogens is 386 g/mol. The lowest BCUT2D eigenvalue weighted by Gasteiger charge is -2.22. The number of hydrogen-bond acceptors (Lipinski definition) is 4. The van der Waals surface area contributed by atoms with Gasteiger partial charge in [-0.3, -0.25) is 9.89 Å². The topological polar surface area (TPSA) is 52.1 Å². The number of benzene rings is 2. The summed E-state index contributed by atoms with van der Waals surface area (Å²) in [6.45, 7) is 10.3. The highest BCUT2D eigenvalue weighted by molar-refractivity contribution is 5.80. The molecule has 2 aromatic rings. The molecule has 1 fully saturated rings. The first-order valence-electron chi connectivity index (χ1n) is 11.3. The highest BCUT2D eigenvalue weighted by atomic mass is 16.5. The number of guanidine groups is 1. The van der Waals surface area contributed by atoms with Crippen molar-refractivity contribution in [1.29, 1.82) is 0 Å². The van der Waals surface area contributed by atoms with E-state index >= 15 is 0 Å². The molecule has 0 amide bonds. The van der Waals surface area contributed by atoms with E-state index in [2.05, 4.69) is 75.7 Å². The van der Waals surface area contributed by atoms with Gasteiger partial charge in [-0.25, -0.2) is 0 Å². The maximum Gasteiger partial charge on any atom is 0.191 e. The number of nitrogens with zero attached hydrogens (tertiary/aromatic N) is 3. The minimum atomic E-state index is 0.354. The van der Waals surface area contributed by atoms with E-state index in [0.29, 0.717) is 6.04 Å². The average molecular weight is 424 g/mol. The zero-order chi connectivity index (χ0) is 22.1. The Hall–Kier alpha value is -2.73. The summed E-state index contributed by atoms with van der Waals surface area (Å²) in [6.07, 6.45) is 1.07. The second-order valence-corrected chi connectivity index (χ2v) is 7.95. The highest BCUT2D eigenvalue weighted by Gasteiger charge is 2.25. The van der Waals surface area contributed by atoms with Crippen molar-refractivity contribution in [3.8, 4) is 5.75 Å². The molecule has 0 aliphatic carbocycles. The molecule has 1 atom stereocenters. The van der Waals surface area contributed by atoms with E-state index < -0.39 is 0 Å². The van der Waals surface area contributed by atoms with Gasteiger partial charge in [-0.05, 0) is 42.8 Å². The van der Waals surface area contributed by atoms with Gasteiger partial charge in [0.15, 0.2) is 5.96 Å². The summed E-state index contributed by atoms with van der Waals surface area (Å²) in [6, 6.07) is 17.4. The average Bonchev–Trinajstić information content (AvgIpc) is 3.29. The van der Waals surface area contributed by atoms with Crippen molar-refractivity contribution in [2.45, 2.75) is 39.4 Å². The van der Waals surface area contributed by atoms with Crippen molar-refractivity contribution in [1.82, 2.24) is 15.5 Å². The van der Waals surface area contributed by atoms with E-state index in [0.717, 1.165) is 63.1 Å².